The lowest BCUT2D eigenvalue weighted by Gasteiger charge is -2.18. The van der Waals surface area contributed by atoms with E-state index in [1.54, 1.807) is 18.2 Å². The number of ether oxygens (including phenoxy) is 2. The highest BCUT2D eigenvalue weighted by molar-refractivity contribution is 9.09. The number of benzene rings is 1. The third-order valence-corrected chi connectivity index (χ3v) is 2.54. The summed E-state index contributed by atoms with van der Waals surface area (Å²) >= 11 is 3.22. The summed E-state index contributed by atoms with van der Waals surface area (Å²) in [6.07, 6.45) is 0.453. The molecule has 1 aromatic carbocycles. The molecule has 0 unspecified atom stereocenters. The van der Waals surface area contributed by atoms with Crippen molar-refractivity contribution < 1.29 is 14.3 Å². The first-order valence-corrected chi connectivity index (χ1v) is 6.17. The number of carbonyl (C=O) groups is 1. The van der Waals surface area contributed by atoms with Crippen LogP contribution in [0.15, 0.2) is 18.2 Å². The Bertz CT molecular complexity index is 395. The van der Waals surface area contributed by atoms with Crippen molar-refractivity contribution in [3.63, 3.8) is 0 Å². The van der Waals surface area contributed by atoms with Gasteiger partial charge in [0.1, 0.15) is 13.2 Å². The van der Waals surface area contributed by atoms with Crippen molar-refractivity contribution in [3.05, 3.63) is 18.2 Å². The highest BCUT2D eigenvalue weighted by atomic mass is 79.9. The zero-order valence-electron chi connectivity index (χ0n) is 8.66. The zero-order valence-corrected chi connectivity index (χ0v) is 10.2. The van der Waals surface area contributed by atoms with Crippen LogP contribution < -0.4 is 14.8 Å². The molecule has 1 aliphatic heterocycles. The van der Waals surface area contributed by atoms with Gasteiger partial charge in [0.15, 0.2) is 11.5 Å². The molecule has 1 aromatic rings. The van der Waals surface area contributed by atoms with Crippen LogP contribution in [0.3, 0.4) is 0 Å². The Morgan fingerprint density at radius 1 is 1.31 bits per heavy atom. The van der Waals surface area contributed by atoms with E-state index in [0.29, 0.717) is 30.7 Å². The fourth-order valence-corrected chi connectivity index (χ4v) is 1.79. The van der Waals surface area contributed by atoms with Gasteiger partial charge in [0.05, 0.1) is 0 Å². The Morgan fingerprint density at radius 2 is 2.06 bits per heavy atom. The van der Waals surface area contributed by atoms with Gasteiger partial charge in [-0.15, -0.1) is 0 Å². The standard InChI is InChI=1S/C11H12BrNO3/c12-4-3-11(14)13-8-1-2-9-10(7-8)16-6-5-15-9/h1-2,7H,3-6H2,(H,13,14). The van der Waals surface area contributed by atoms with Gasteiger partial charge in [0.25, 0.3) is 0 Å². The molecule has 1 aliphatic rings. The van der Waals surface area contributed by atoms with Crippen LogP contribution in [0.5, 0.6) is 11.5 Å². The van der Waals surface area contributed by atoms with Crippen molar-refractivity contribution in [2.75, 3.05) is 23.9 Å². The number of alkyl halides is 1. The Kier molecular flexibility index (Phi) is 3.66. The van der Waals surface area contributed by atoms with Gasteiger partial charge in [-0.2, -0.15) is 0 Å². The number of amides is 1. The molecule has 4 nitrogen and oxygen atoms in total. The fraction of sp³-hybridized carbons (Fsp3) is 0.364. The molecule has 0 saturated heterocycles. The molecule has 0 spiro atoms. The topological polar surface area (TPSA) is 47.6 Å². The third kappa shape index (κ3) is 2.66. The molecule has 0 aliphatic carbocycles. The van der Waals surface area contributed by atoms with Gasteiger partial charge in [-0.1, -0.05) is 15.9 Å². The largest absolute Gasteiger partial charge is 0.486 e. The molecule has 1 heterocycles. The van der Waals surface area contributed by atoms with E-state index in [1.807, 2.05) is 0 Å². The van der Waals surface area contributed by atoms with Crippen molar-refractivity contribution in [3.8, 4) is 11.5 Å². The first-order chi connectivity index (χ1) is 7.79. The molecule has 16 heavy (non-hydrogen) atoms. The molecule has 5 heteroatoms. The quantitative estimate of drug-likeness (QED) is 0.866. The number of anilines is 1. The Hall–Kier alpha value is -1.23. The molecular formula is C11H12BrNO3. The van der Waals surface area contributed by atoms with Gasteiger partial charge in [-0.25, -0.2) is 0 Å². The molecule has 0 saturated carbocycles. The Morgan fingerprint density at radius 3 is 2.81 bits per heavy atom. The maximum absolute atomic E-state index is 11.4. The third-order valence-electron chi connectivity index (χ3n) is 2.15. The van der Waals surface area contributed by atoms with E-state index in [1.165, 1.54) is 0 Å². The van der Waals surface area contributed by atoms with Crippen LogP contribution in [0.2, 0.25) is 0 Å². The van der Waals surface area contributed by atoms with Gasteiger partial charge in [0.2, 0.25) is 5.91 Å². The van der Waals surface area contributed by atoms with Crippen molar-refractivity contribution in [2.45, 2.75) is 6.42 Å². The summed E-state index contributed by atoms with van der Waals surface area (Å²) in [5.74, 6) is 1.39. The van der Waals surface area contributed by atoms with Crippen LogP contribution in [0.25, 0.3) is 0 Å². The summed E-state index contributed by atoms with van der Waals surface area (Å²) in [5, 5.41) is 3.44. The van der Waals surface area contributed by atoms with E-state index in [2.05, 4.69) is 21.2 Å². The summed E-state index contributed by atoms with van der Waals surface area (Å²) in [4.78, 5) is 11.4. The van der Waals surface area contributed by atoms with Gasteiger partial charge >= 0.3 is 0 Å². The SMILES string of the molecule is O=C(CCBr)Nc1ccc2c(c1)OCCO2. The smallest absolute Gasteiger partial charge is 0.225 e. The second kappa shape index (κ2) is 5.21. The molecule has 0 atom stereocenters. The van der Waals surface area contributed by atoms with Gasteiger partial charge in [-0.3, -0.25) is 4.79 Å². The van der Waals surface area contributed by atoms with Gasteiger partial charge in [-0.05, 0) is 12.1 Å². The van der Waals surface area contributed by atoms with Crippen LogP contribution >= 0.6 is 15.9 Å². The normalized spacial score (nSPS) is 13.3. The van der Waals surface area contributed by atoms with Crippen molar-refractivity contribution >= 4 is 27.5 Å². The summed E-state index contributed by atoms with van der Waals surface area (Å²) in [6, 6.07) is 5.39. The van der Waals surface area contributed by atoms with Crippen molar-refractivity contribution in [1.82, 2.24) is 0 Å². The summed E-state index contributed by atoms with van der Waals surface area (Å²) in [7, 11) is 0. The Balaban J connectivity index is 2.08. The van der Waals surface area contributed by atoms with Crippen LogP contribution in [-0.4, -0.2) is 24.5 Å². The number of hydrogen-bond acceptors (Lipinski definition) is 3. The molecule has 2 rings (SSSR count). The molecule has 1 N–H and O–H groups in total. The van der Waals surface area contributed by atoms with Gasteiger partial charge < -0.3 is 14.8 Å². The lowest BCUT2D eigenvalue weighted by Crippen LogP contribution is -2.16. The van der Waals surface area contributed by atoms with E-state index in [9.17, 15) is 4.79 Å². The number of fused-ring (bicyclic) bond motifs is 1. The summed E-state index contributed by atoms with van der Waals surface area (Å²) < 4.78 is 10.8. The highest BCUT2D eigenvalue weighted by Crippen LogP contribution is 2.32. The number of halogens is 1. The van der Waals surface area contributed by atoms with Crippen LogP contribution in [0.1, 0.15) is 6.42 Å². The minimum absolute atomic E-state index is 0.0199. The number of hydrogen-bond donors (Lipinski definition) is 1. The lowest BCUT2D eigenvalue weighted by molar-refractivity contribution is -0.115. The van der Waals surface area contributed by atoms with E-state index in [0.717, 1.165) is 11.4 Å². The number of rotatable bonds is 3. The predicted octanol–water partition coefficient (Wildman–Crippen LogP) is 2.18. The van der Waals surface area contributed by atoms with Crippen molar-refractivity contribution in [2.24, 2.45) is 0 Å². The zero-order chi connectivity index (χ0) is 11.4. The first kappa shape index (κ1) is 11.3. The average Bonchev–Trinajstić information content (AvgIpc) is 2.29. The molecule has 0 radical (unpaired) electrons. The van der Waals surface area contributed by atoms with Crippen LogP contribution in [0.4, 0.5) is 5.69 Å². The molecule has 86 valence electrons. The Labute approximate surface area is 102 Å². The number of carbonyl (C=O) groups excluding carboxylic acids is 1. The van der Waals surface area contributed by atoms with Crippen molar-refractivity contribution in [1.29, 1.82) is 0 Å². The second-order valence-corrected chi connectivity index (χ2v) is 4.14. The molecular weight excluding hydrogens is 274 g/mol. The van der Waals surface area contributed by atoms with E-state index in [-0.39, 0.29) is 5.91 Å². The minimum Gasteiger partial charge on any atom is -0.486 e. The minimum atomic E-state index is -0.0199. The monoisotopic (exact) mass is 285 g/mol. The fourth-order valence-electron chi connectivity index (χ4n) is 1.43. The van der Waals surface area contributed by atoms with Crippen LogP contribution in [0, 0.1) is 0 Å². The second-order valence-electron chi connectivity index (χ2n) is 3.35. The molecule has 0 bridgehead atoms. The molecule has 0 aromatic heterocycles. The highest BCUT2D eigenvalue weighted by Gasteiger charge is 2.12. The van der Waals surface area contributed by atoms with E-state index in [4.69, 9.17) is 9.47 Å². The van der Waals surface area contributed by atoms with E-state index < -0.39 is 0 Å². The molecule has 1 amide bonds. The number of nitrogens with one attached hydrogen (secondary N) is 1. The maximum Gasteiger partial charge on any atom is 0.225 e. The van der Waals surface area contributed by atoms with Gasteiger partial charge in [0, 0.05) is 23.5 Å². The predicted molar refractivity (Wildman–Crippen MR) is 64.5 cm³/mol. The first-order valence-electron chi connectivity index (χ1n) is 5.05. The summed E-state index contributed by atoms with van der Waals surface area (Å²) in [6.45, 7) is 1.12. The van der Waals surface area contributed by atoms with Crippen LogP contribution in [-0.2, 0) is 4.79 Å². The lowest BCUT2D eigenvalue weighted by atomic mass is 10.2. The van der Waals surface area contributed by atoms with E-state index >= 15 is 0 Å². The molecule has 0 fully saturated rings. The average molecular weight is 286 g/mol. The maximum atomic E-state index is 11.4. The summed E-state index contributed by atoms with van der Waals surface area (Å²) in [5.41, 5.74) is 0.732.